The number of pyridine rings is 1. The van der Waals surface area contributed by atoms with Crippen molar-refractivity contribution in [3.8, 4) is 45.3 Å². The highest BCUT2D eigenvalue weighted by Crippen LogP contribution is 2.38. The molecule has 0 N–H and O–H groups in total. The lowest BCUT2D eigenvalue weighted by Crippen LogP contribution is -2.04. The van der Waals surface area contributed by atoms with Crippen LogP contribution in [0.15, 0.2) is 120 Å². The Morgan fingerprint density at radius 2 is 1.39 bits per heavy atom. The van der Waals surface area contributed by atoms with Gasteiger partial charge in [-0.1, -0.05) is 115 Å². The molecule has 0 aliphatic carbocycles. The molecule has 0 aliphatic rings. The largest absolute Gasteiger partial charge is 0.496 e. The Bertz CT molecular complexity index is 1610. The van der Waals surface area contributed by atoms with Gasteiger partial charge in [0.2, 0.25) is 0 Å². The zero-order valence-electron chi connectivity index (χ0n) is 20.8. The summed E-state index contributed by atoms with van der Waals surface area (Å²) in [5, 5.41) is 10.7. The predicted molar refractivity (Wildman–Crippen MR) is 153 cm³/mol. The molecule has 5 rings (SSSR count). The minimum atomic E-state index is -0.0238. The highest BCUT2D eigenvalue weighted by Gasteiger charge is 2.19. The number of methoxy groups -OCH3 is 1. The highest BCUT2D eigenvalue weighted by atomic mass is 32.2. The molecular weight excluding hydrogens is 488 g/mol. The van der Waals surface area contributed by atoms with Gasteiger partial charge in [0, 0.05) is 22.3 Å². The first-order chi connectivity index (χ1) is 18.7. The van der Waals surface area contributed by atoms with Gasteiger partial charge in [-0.15, -0.1) is 0 Å². The first-order valence-corrected chi connectivity index (χ1v) is 13.1. The number of para-hydroxylation sites is 1. The lowest BCUT2D eigenvalue weighted by atomic mass is 9.98. The Morgan fingerprint density at radius 1 is 0.789 bits per heavy atom. The molecule has 4 nitrogen and oxygen atoms in total. The molecule has 1 heterocycles. The summed E-state index contributed by atoms with van der Waals surface area (Å²) in [5.74, 6) is 0.805. The Balaban J connectivity index is 1.48. The van der Waals surface area contributed by atoms with Crippen molar-refractivity contribution in [2.75, 3.05) is 12.9 Å². The van der Waals surface area contributed by atoms with Crippen LogP contribution in [-0.2, 0) is 0 Å². The second-order valence-corrected chi connectivity index (χ2v) is 9.53. The average Bonchev–Trinajstić information content (AvgIpc) is 3.00. The van der Waals surface area contributed by atoms with Crippen molar-refractivity contribution >= 4 is 17.5 Å². The number of aromatic nitrogens is 1. The highest BCUT2D eigenvalue weighted by molar-refractivity contribution is 8.00. The third-order valence-electron chi connectivity index (χ3n) is 6.22. The fourth-order valence-corrected chi connectivity index (χ4v) is 5.16. The van der Waals surface area contributed by atoms with E-state index in [4.69, 9.17) is 9.72 Å². The third kappa shape index (κ3) is 5.36. The summed E-state index contributed by atoms with van der Waals surface area (Å²) in [7, 11) is 1.61. The van der Waals surface area contributed by atoms with E-state index in [0.717, 1.165) is 33.5 Å². The van der Waals surface area contributed by atoms with Crippen LogP contribution in [0.2, 0.25) is 0 Å². The SMILES string of the molecule is COc1ccccc1-c1cc(-c2ccccc2)nc(SCC(=O)c2ccc(-c3ccccc3)cc2)c1C#N. The molecular formula is C33H24N2O2S. The molecule has 0 saturated heterocycles. The van der Waals surface area contributed by atoms with Gasteiger partial charge in [-0.25, -0.2) is 4.98 Å². The molecule has 0 fully saturated rings. The van der Waals surface area contributed by atoms with E-state index in [1.54, 1.807) is 7.11 Å². The summed E-state index contributed by atoms with van der Waals surface area (Å²) >= 11 is 1.28. The molecule has 5 heteroatoms. The van der Waals surface area contributed by atoms with Crippen molar-refractivity contribution in [2.24, 2.45) is 0 Å². The molecule has 0 bridgehead atoms. The summed E-state index contributed by atoms with van der Waals surface area (Å²) in [6.07, 6.45) is 0. The first-order valence-electron chi connectivity index (χ1n) is 12.1. The van der Waals surface area contributed by atoms with Crippen LogP contribution in [0.25, 0.3) is 33.5 Å². The van der Waals surface area contributed by atoms with Crippen molar-refractivity contribution in [3.63, 3.8) is 0 Å². The number of ether oxygens (including phenoxy) is 1. The number of thioether (sulfide) groups is 1. The van der Waals surface area contributed by atoms with E-state index < -0.39 is 0 Å². The zero-order valence-corrected chi connectivity index (χ0v) is 21.6. The van der Waals surface area contributed by atoms with Crippen molar-refractivity contribution in [1.82, 2.24) is 4.98 Å². The van der Waals surface area contributed by atoms with E-state index in [-0.39, 0.29) is 11.5 Å². The minimum Gasteiger partial charge on any atom is -0.496 e. The van der Waals surface area contributed by atoms with Gasteiger partial charge in [0.25, 0.3) is 0 Å². The minimum absolute atomic E-state index is 0.0238. The van der Waals surface area contributed by atoms with Crippen LogP contribution in [0.4, 0.5) is 0 Å². The van der Waals surface area contributed by atoms with Crippen LogP contribution in [0.1, 0.15) is 15.9 Å². The van der Waals surface area contributed by atoms with Gasteiger partial charge in [-0.2, -0.15) is 5.26 Å². The molecule has 38 heavy (non-hydrogen) atoms. The third-order valence-corrected chi connectivity index (χ3v) is 7.19. The summed E-state index contributed by atoms with van der Waals surface area (Å²) in [5.41, 5.74) is 6.39. The number of carbonyl (C=O) groups is 1. The number of rotatable bonds is 8. The topological polar surface area (TPSA) is 63.0 Å². The maximum atomic E-state index is 13.1. The number of benzene rings is 4. The zero-order chi connectivity index (χ0) is 26.3. The molecule has 0 amide bonds. The Morgan fingerprint density at radius 3 is 2.05 bits per heavy atom. The van der Waals surface area contributed by atoms with Crippen molar-refractivity contribution in [3.05, 3.63) is 126 Å². The van der Waals surface area contributed by atoms with Crippen LogP contribution in [0.5, 0.6) is 5.75 Å². The number of hydrogen-bond acceptors (Lipinski definition) is 5. The predicted octanol–water partition coefficient (Wildman–Crippen LogP) is 7.94. The number of Topliss-reactive ketones (excluding diaryl/α,β-unsaturated/α-hetero) is 1. The van der Waals surface area contributed by atoms with Crippen LogP contribution >= 0.6 is 11.8 Å². The van der Waals surface area contributed by atoms with Crippen LogP contribution in [-0.4, -0.2) is 23.6 Å². The maximum Gasteiger partial charge on any atom is 0.173 e. The number of ketones is 1. The second kappa shape index (κ2) is 11.6. The monoisotopic (exact) mass is 512 g/mol. The van der Waals surface area contributed by atoms with Gasteiger partial charge in [-0.3, -0.25) is 4.79 Å². The van der Waals surface area contributed by atoms with E-state index in [9.17, 15) is 10.1 Å². The molecule has 0 aliphatic heterocycles. The first kappa shape index (κ1) is 25.0. The summed E-state index contributed by atoms with van der Waals surface area (Å²) in [6, 6.07) is 39.3. The Kier molecular flexibility index (Phi) is 7.63. The molecule has 0 unspecified atom stereocenters. The number of nitrogens with zero attached hydrogens (tertiary/aromatic N) is 2. The average molecular weight is 513 g/mol. The van der Waals surface area contributed by atoms with Crippen LogP contribution < -0.4 is 4.74 Å². The molecule has 4 aromatic carbocycles. The number of hydrogen-bond donors (Lipinski definition) is 0. The van der Waals surface area contributed by atoms with E-state index in [1.807, 2.05) is 115 Å². The van der Waals surface area contributed by atoms with Gasteiger partial charge in [0.15, 0.2) is 5.78 Å². The van der Waals surface area contributed by atoms with Gasteiger partial charge < -0.3 is 4.74 Å². The molecule has 0 saturated carbocycles. The van der Waals surface area contributed by atoms with Crippen molar-refractivity contribution in [2.45, 2.75) is 5.03 Å². The summed E-state index contributed by atoms with van der Waals surface area (Å²) in [4.78, 5) is 17.9. The fourth-order valence-electron chi connectivity index (χ4n) is 4.27. The summed E-state index contributed by atoms with van der Waals surface area (Å²) < 4.78 is 5.59. The molecule has 0 atom stereocenters. The van der Waals surface area contributed by atoms with E-state index in [2.05, 4.69) is 6.07 Å². The smallest absolute Gasteiger partial charge is 0.173 e. The number of nitriles is 1. The van der Waals surface area contributed by atoms with Crippen LogP contribution in [0, 0.1) is 11.3 Å². The normalized spacial score (nSPS) is 10.5. The lowest BCUT2D eigenvalue weighted by Gasteiger charge is -2.14. The molecule has 184 valence electrons. The summed E-state index contributed by atoms with van der Waals surface area (Å²) in [6.45, 7) is 0. The van der Waals surface area contributed by atoms with Crippen molar-refractivity contribution in [1.29, 1.82) is 5.26 Å². The Labute approximate surface area is 226 Å². The van der Waals surface area contributed by atoms with Crippen molar-refractivity contribution < 1.29 is 9.53 Å². The van der Waals surface area contributed by atoms with E-state index >= 15 is 0 Å². The quantitative estimate of drug-likeness (QED) is 0.156. The lowest BCUT2D eigenvalue weighted by molar-refractivity contribution is 0.102. The molecule has 0 spiro atoms. The fraction of sp³-hybridized carbons (Fsp3) is 0.0606. The maximum absolute atomic E-state index is 13.1. The number of carbonyl (C=O) groups excluding carboxylic acids is 1. The van der Waals surface area contributed by atoms with Gasteiger partial charge in [0.05, 0.1) is 24.1 Å². The molecule has 5 aromatic rings. The van der Waals surface area contributed by atoms with E-state index in [1.165, 1.54) is 11.8 Å². The van der Waals surface area contributed by atoms with Gasteiger partial charge >= 0.3 is 0 Å². The standard InChI is InChI=1S/C33H24N2O2S/c1-37-32-15-9-8-14-27(32)28-20-30(25-12-6-3-7-13-25)35-33(29(28)21-34)38-22-31(36)26-18-16-24(17-19-26)23-10-4-2-5-11-23/h2-20H,22H2,1H3. The second-order valence-electron chi connectivity index (χ2n) is 8.57. The van der Waals surface area contributed by atoms with Gasteiger partial charge in [0.1, 0.15) is 16.8 Å². The Hall–Kier alpha value is -4.66. The van der Waals surface area contributed by atoms with Gasteiger partial charge in [-0.05, 0) is 23.3 Å². The molecule has 0 radical (unpaired) electrons. The van der Waals surface area contributed by atoms with E-state index in [0.29, 0.717) is 21.9 Å². The van der Waals surface area contributed by atoms with Crippen LogP contribution in [0.3, 0.4) is 0 Å². The molecule has 1 aromatic heterocycles.